The van der Waals surface area contributed by atoms with Crippen LogP contribution in [0.4, 0.5) is 183 Å². The van der Waals surface area contributed by atoms with E-state index in [9.17, 15) is 15.2 Å². The van der Waals surface area contributed by atoms with Gasteiger partial charge in [0.05, 0.1) is 32.0 Å². The Balaban J connectivity index is 1.44. The number of carboxylic acids is 1. The summed E-state index contributed by atoms with van der Waals surface area (Å²) in [6, 6.07) is 3.52. The number of hydrazone groups is 2. The molecule has 1 unspecified atom stereocenters. The zero-order chi connectivity index (χ0) is 93.1. The van der Waals surface area contributed by atoms with Crippen LogP contribution in [0.1, 0.15) is 38.9 Å². The Kier molecular flexibility index (Phi) is 21.0. The van der Waals surface area contributed by atoms with E-state index in [0.29, 0.717) is 36.4 Å². The number of nitriles is 1. The van der Waals surface area contributed by atoms with Crippen molar-refractivity contribution >= 4 is 106 Å². The maximum atomic E-state index is 16.5. The lowest BCUT2D eigenvalue weighted by Gasteiger charge is -2.29. The normalized spacial score (nSPS) is 16.1. The third-order valence-electron chi connectivity index (χ3n) is 18.4. The number of hydrogen-bond donors (Lipinski definition) is 3. The summed E-state index contributed by atoms with van der Waals surface area (Å²) in [6.07, 6.45) is -129. The molecule has 13 rings (SSSR count). The van der Waals surface area contributed by atoms with Crippen LogP contribution in [0.2, 0.25) is 0 Å². The third kappa shape index (κ3) is 15.7. The Bertz CT molecular complexity index is 6230. The van der Waals surface area contributed by atoms with Crippen LogP contribution in [0.25, 0.3) is 59.3 Å². The summed E-state index contributed by atoms with van der Waals surface area (Å²) < 4.78 is 630. The SMILES string of the molecule is Cn1c2c3c(OC(C(F)(F)F)C(F)(F)F)c4ccccc4c(OC(C(F)(F)F)C(F)(F)F)c3c1NC1c3c(c(OC(C(F)(F)F)C(F)(F)F)c4ccccc4c3OC(C(F)(F)F)C(F)(F)F)C3=[N+]1N[N+]1=C(N=c4c5sc(C=C(C#N)C(=O)O)c(C(F)(F)F)c5c(n4C)=N3)c3c(c(OC(C(F)(F)F)C(F)(F)F)c4ccccc4c3OC(C(F)(F)F)C(F)(F)F)C1=N2. The Labute approximate surface area is 663 Å². The van der Waals surface area contributed by atoms with Gasteiger partial charge in [0.1, 0.15) is 68.6 Å². The number of aliphatic carboxylic acids is 1. The van der Waals surface area contributed by atoms with E-state index < -0.39 is 316 Å². The summed E-state index contributed by atoms with van der Waals surface area (Å²) >= 11 is -0.637. The minimum Gasteiger partial charge on any atom is -0.477 e. The van der Waals surface area contributed by atoms with E-state index in [1.54, 1.807) is 5.53 Å². The molecule has 125 heavy (non-hydrogen) atoms. The smallest absolute Gasteiger partial charge is 0.434 e. The van der Waals surface area contributed by atoms with Crippen LogP contribution in [0.5, 0.6) is 34.5 Å². The van der Waals surface area contributed by atoms with Gasteiger partial charge in [0.2, 0.25) is 0 Å². The number of hydrazine groups is 2. The maximum absolute atomic E-state index is 16.5. The highest BCUT2D eigenvalue weighted by Crippen LogP contribution is 2.60. The van der Waals surface area contributed by atoms with Crippen molar-refractivity contribution in [3.8, 4) is 40.6 Å². The molecule has 0 amide bonds. The quantitative estimate of drug-likeness (QED) is 0.0406. The fraction of sp³-hybridized carbons (Fsp3) is 0.328. The molecule has 0 saturated heterocycles. The molecule has 4 aliphatic rings. The third-order valence-corrected chi connectivity index (χ3v) is 19.5. The molecule has 3 aromatic heterocycles. The number of benzene rings is 6. The molecule has 1 atom stereocenters. The van der Waals surface area contributed by atoms with E-state index in [0.717, 1.165) is 6.07 Å². The number of aromatic nitrogens is 2. The maximum Gasteiger partial charge on any atom is 0.434 e. The molecular formula is C67H29F39N10O8S+2. The lowest BCUT2D eigenvalue weighted by atomic mass is 9.96. The molecule has 7 heterocycles. The number of amidine groups is 3. The standard InChI is InChI=1S/C67H27F39N10O8S/c1-113-40-25-26(34(120-50(58(77,78)79)59(80,81)82)19-10-4-3-9-18(19)33(25)119-49(56(71,72)73)57(74,75)76)41(113)109-44-29-30(38(124-54(66(101,102)103)67(104,105)106)23-14-8-7-13-22(23)37(29)123-53(64(95,96)97)65(98,99)100)46-111-47-39-31(32(55(68,69)70)24(125-39)15-17(16-107)48(117)118)42(114(47)2)110-45-28-27(43(108-40)115(45)112-116(44)46)35(121-51(60(83,84)85)61(86,87)88)20-11-5-6-12-21(20)36(28)122-52(62(89,90)91)63(92,93)94/h3-15,43,49-54H,1-2H3,(H-,108,111,112,117,118)/p+2. The van der Waals surface area contributed by atoms with Crippen molar-refractivity contribution in [2.45, 2.75) is 123 Å². The van der Waals surface area contributed by atoms with Crippen LogP contribution in [0, 0.1) is 11.3 Å². The van der Waals surface area contributed by atoms with Gasteiger partial charge in [0.15, 0.2) is 11.3 Å². The summed E-state index contributed by atoms with van der Waals surface area (Å²) in [5.74, 6) is -29.1. The number of carboxylic acid groups (broad SMARTS) is 1. The Hall–Kier alpha value is -12.1. The Morgan fingerprint density at radius 1 is 0.440 bits per heavy atom. The first kappa shape index (κ1) is 90.6. The van der Waals surface area contributed by atoms with E-state index in [1.807, 2.05) is 5.32 Å². The van der Waals surface area contributed by atoms with E-state index >= 15 is 171 Å². The van der Waals surface area contributed by atoms with Crippen LogP contribution in [-0.4, -0.2) is 158 Å². The van der Waals surface area contributed by atoms with Crippen molar-refractivity contribution in [3.05, 3.63) is 122 Å². The van der Waals surface area contributed by atoms with E-state index in [4.69, 9.17) is 4.74 Å². The molecule has 0 fully saturated rings. The summed E-state index contributed by atoms with van der Waals surface area (Å²) in [5.41, 5.74) is -16.0. The van der Waals surface area contributed by atoms with Gasteiger partial charge in [0.25, 0.3) is 59.9 Å². The van der Waals surface area contributed by atoms with Gasteiger partial charge in [0, 0.05) is 56.3 Å². The number of nitrogens with one attached hydrogen (secondary N) is 2. The van der Waals surface area contributed by atoms with E-state index in [2.05, 4.69) is 38.7 Å². The van der Waals surface area contributed by atoms with Gasteiger partial charge >= 0.3 is 92.1 Å². The molecular weight excluding hydrogens is 1850 g/mol. The second-order valence-electron chi connectivity index (χ2n) is 26.5. The number of carbonyl (C=O) groups is 1. The molecule has 18 nitrogen and oxygen atoms in total. The topological polar surface area (TPSA) is 193 Å². The summed E-state index contributed by atoms with van der Waals surface area (Å²) in [5, 5.41) is 3.89. The van der Waals surface area contributed by atoms with Crippen molar-refractivity contribution < 1.29 is 219 Å². The van der Waals surface area contributed by atoms with E-state index in [-0.39, 0.29) is 65.7 Å². The molecule has 0 saturated carbocycles. The molecule has 0 spiro atoms. The molecule has 4 aliphatic heterocycles. The van der Waals surface area contributed by atoms with Crippen LogP contribution in [0.3, 0.4) is 0 Å². The molecule has 672 valence electrons. The molecule has 0 aliphatic carbocycles. The van der Waals surface area contributed by atoms with Gasteiger partial charge in [-0.2, -0.15) is 186 Å². The second-order valence-corrected chi connectivity index (χ2v) is 27.6. The van der Waals surface area contributed by atoms with Gasteiger partial charge < -0.3 is 43.4 Å². The molecule has 6 aromatic carbocycles. The first-order chi connectivity index (χ1) is 56.9. The van der Waals surface area contributed by atoms with Crippen molar-refractivity contribution in [1.82, 2.24) is 14.7 Å². The second kappa shape index (κ2) is 29.0. The summed E-state index contributed by atoms with van der Waals surface area (Å²) in [6.45, 7) is 0. The molecule has 58 heteroatoms. The number of hydrogen-bond acceptors (Lipinski definition) is 14. The number of halogens is 39. The van der Waals surface area contributed by atoms with Crippen molar-refractivity contribution in [2.24, 2.45) is 29.1 Å². The highest BCUT2D eigenvalue weighted by atomic mass is 32.1. The number of aliphatic imine (C=N–C) groups is 1. The van der Waals surface area contributed by atoms with Crippen LogP contribution < -0.4 is 50.2 Å². The number of fused-ring (bicyclic) bond motifs is 19. The predicted molar refractivity (Wildman–Crippen MR) is 341 cm³/mol. The van der Waals surface area contributed by atoms with Gasteiger partial charge in [-0.15, -0.1) is 11.3 Å². The lowest BCUT2D eigenvalue weighted by Crippen LogP contribution is -2.48. The summed E-state index contributed by atoms with van der Waals surface area (Å²) in [7, 11) is 0.280. The van der Waals surface area contributed by atoms with E-state index in [1.165, 1.54) is 0 Å². The largest absolute Gasteiger partial charge is 0.477 e. The van der Waals surface area contributed by atoms with Crippen LogP contribution >= 0.6 is 11.3 Å². The lowest BCUT2D eigenvalue weighted by molar-refractivity contribution is -0.786. The number of anilines is 1. The summed E-state index contributed by atoms with van der Waals surface area (Å²) in [4.78, 5) is 22.6. The van der Waals surface area contributed by atoms with Gasteiger partial charge in [-0.25, -0.2) is 4.79 Å². The zero-order valence-corrected chi connectivity index (χ0v) is 59.9. The highest BCUT2D eigenvalue weighted by Gasteiger charge is 2.68. The molecule has 0 radical (unpaired) electrons. The average Bonchev–Trinajstić information content (AvgIpc) is 1.52. The average molecular weight is 1880 g/mol. The van der Waals surface area contributed by atoms with Crippen molar-refractivity contribution in [3.63, 3.8) is 0 Å². The Morgan fingerprint density at radius 3 is 1.13 bits per heavy atom. The van der Waals surface area contributed by atoms with Crippen LogP contribution in [0.15, 0.2) is 93.3 Å². The van der Waals surface area contributed by atoms with Crippen molar-refractivity contribution in [2.75, 3.05) is 5.32 Å². The predicted octanol–water partition coefficient (Wildman–Crippen LogP) is 19.6. The number of alkyl halides is 39. The molecule has 9 aromatic rings. The fourth-order valence-corrected chi connectivity index (χ4v) is 14.9. The van der Waals surface area contributed by atoms with Crippen LogP contribution in [-0.2, 0) is 25.1 Å². The number of ether oxygens (including phenoxy) is 6. The minimum atomic E-state index is -7.12. The number of thiophene rings is 1. The van der Waals surface area contributed by atoms with Gasteiger partial charge in [-0.05, 0) is 11.6 Å². The van der Waals surface area contributed by atoms with Gasteiger partial charge in [-0.1, -0.05) is 82.2 Å². The number of rotatable bonds is 14. The zero-order valence-electron chi connectivity index (χ0n) is 59.1. The van der Waals surface area contributed by atoms with Gasteiger partial charge in [-0.3, -0.25) is 4.57 Å². The molecule has 6 bridgehead atoms. The first-order valence-corrected chi connectivity index (χ1v) is 33.7. The molecule has 3 N–H and O–H groups in total. The monoisotopic (exact) mass is 1870 g/mol. The fourth-order valence-electron chi connectivity index (χ4n) is 13.6. The minimum absolute atomic E-state index is 0.0318. The van der Waals surface area contributed by atoms with Crippen molar-refractivity contribution in [1.29, 1.82) is 5.26 Å². The number of nitrogens with zero attached hydrogens (tertiary/aromatic N) is 8. The Morgan fingerprint density at radius 2 is 0.768 bits per heavy atom. The highest BCUT2D eigenvalue weighted by molar-refractivity contribution is 7.20. The first-order valence-electron chi connectivity index (χ1n) is 32.9.